The molecule has 1 aromatic heterocycles. The first kappa shape index (κ1) is 29.1. The van der Waals surface area contributed by atoms with Gasteiger partial charge in [-0.15, -0.1) is 0 Å². The molecule has 0 radical (unpaired) electrons. The number of urea groups is 1. The molecule has 6 rings (SSSR count). The summed E-state index contributed by atoms with van der Waals surface area (Å²) in [6, 6.07) is 3.36. The lowest BCUT2D eigenvalue weighted by molar-refractivity contribution is -0.158. The Bertz CT molecular complexity index is 1460. The number of amides is 4. The number of likely N-dealkylation sites (tertiary alicyclic amines) is 2. The van der Waals surface area contributed by atoms with Crippen LogP contribution in [0.15, 0.2) is 12.1 Å². The minimum Gasteiger partial charge on any atom is -0.457 e. The molecule has 4 amide bonds. The summed E-state index contributed by atoms with van der Waals surface area (Å²) < 4.78 is 27.6. The molecule has 4 fully saturated rings. The molecular weight excluding hydrogens is 561 g/mol. The number of aryl methyl sites for hydroxylation is 1. The number of piperidine rings is 1. The van der Waals surface area contributed by atoms with Crippen molar-refractivity contribution in [3.63, 3.8) is 0 Å². The van der Waals surface area contributed by atoms with Crippen LogP contribution in [0.25, 0.3) is 10.9 Å². The Morgan fingerprint density at radius 3 is 2.44 bits per heavy atom. The molecule has 14 heteroatoms. The van der Waals surface area contributed by atoms with Crippen molar-refractivity contribution in [2.75, 3.05) is 62.2 Å². The maximum absolute atomic E-state index is 15.8. The van der Waals surface area contributed by atoms with Crippen LogP contribution in [0.2, 0.25) is 0 Å². The third-order valence-corrected chi connectivity index (χ3v) is 8.66. The Hall–Kier alpha value is -3.94. The van der Waals surface area contributed by atoms with Gasteiger partial charge < -0.3 is 19.3 Å². The Morgan fingerprint density at radius 2 is 1.79 bits per heavy atom. The van der Waals surface area contributed by atoms with E-state index in [9.17, 15) is 19.2 Å². The SMILES string of the molecule is Cn1nc(N2CCC(=O)NC2=O)c2ccc(N3CC4(C3)CN(C3CCN(C(=O)OCC(=O)OC(C)(C)C)CC3)C4)c(F)c21. The zero-order valence-corrected chi connectivity index (χ0v) is 25.0. The molecule has 4 aliphatic rings. The van der Waals surface area contributed by atoms with Crippen LogP contribution in [0.1, 0.15) is 40.0 Å². The Kier molecular flexibility index (Phi) is 7.22. The highest BCUT2D eigenvalue weighted by Crippen LogP contribution is 2.45. The second-order valence-electron chi connectivity index (χ2n) is 13.1. The van der Waals surface area contributed by atoms with Crippen LogP contribution >= 0.6 is 0 Å². The lowest BCUT2D eigenvalue weighted by Gasteiger charge is -2.63. The maximum atomic E-state index is 15.8. The molecule has 5 heterocycles. The lowest BCUT2D eigenvalue weighted by Crippen LogP contribution is -2.74. The van der Waals surface area contributed by atoms with Crippen molar-refractivity contribution in [3.8, 4) is 0 Å². The monoisotopic (exact) mass is 599 g/mol. The largest absolute Gasteiger partial charge is 0.457 e. The molecule has 0 bridgehead atoms. The maximum Gasteiger partial charge on any atom is 0.410 e. The first-order valence-electron chi connectivity index (χ1n) is 14.7. The molecule has 4 aliphatic heterocycles. The van der Waals surface area contributed by atoms with Crippen molar-refractivity contribution in [3.05, 3.63) is 17.9 Å². The number of ether oxygens (including phenoxy) is 2. The number of imide groups is 1. The number of fused-ring (bicyclic) bond motifs is 1. The van der Waals surface area contributed by atoms with Crippen molar-refractivity contribution in [2.24, 2.45) is 12.5 Å². The van der Waals surface area contributed by atoms with E-state index in [1.54, 1.807) is 44.9 Å². The summed E-state index contributed by atoms with van der Waals surface area (Å²) in [5, 5.41) is 7.23. The summed E-state index contributed by atoms with van der Waals surface area (Å²) in [7, 11) is 1.65. The number of hydrogen-bond donors (Lipinski definition) is 1. The molecule has 0 aliphatic carbocycles. The highest BCUT2D eigenvalue weighted by atomic mass is 19.1. The van der Waals surface area contributed by atoms with E-state index < -0.39 is 30.3 Å². The van der Waals surface area contributed by atoms with Crippen molar-refractivity contribution in [1.82, 2.24) is 24.9 Å². The Balaban J connectivity index is 0.995. The van der Waals surface area contributed by atoms with Crippen molar-refractivity contribution < 1.29 is 33.0 Å². The Labute approximate surface area is 248 Å². The van der Waals surface area contributed by atoms with Crippen LogP contribution in [0.4, 0.5) is 25.5 Å². The number of halogens is 1. The van der Waals surface area contributed by atoms with Gasteiger partial charge in [-0.25, -0.2) is 18.8 Å². The molecular formula is C29H38FN7O6. The average molecular weight is 600 g/mol. The number of carbonyl (C=O) groups is 4. The molecule has 43 heavy (non-hydrogen) atoms. The van der Waals surface area contributed by atoms with Gasteiger partial charge >= 0.3 is 18.1 Å². The number of carbonyl (C=O) groups excluding carboxylic acids is 4. The van der Waals surface area contributed by atoms with Crippen LogP contribution in [0, 0.1) is 11.2 Å². The van der Waals surface area contributed by atoms with Crippen LogP contribution < -0.4 is 15.1 Å². The van der Waals surface area contributed by atoms with Gasteiger partial charge in [0.15, 0.2) is 18.2 Å². The molecule has 0 atom stereocenters. The normalized spacial score (nSPS) is 21.1. The second kappa shape index (κ2) is 10.6. The van der Waals surface area contributed by atoms with E-state index in [0.29, 0.717) is 41.5 Å². The first-order valence-corrected chi connectivity index (χ1v) is 14.7. The van der Waals surface area contributed by atoms with E-state index in [4.69, 9.17) is 9.47 Å². The zero-order valence-electron chi connectivity index (χ0n) is 25.0. The predicted molar refractivity (Wildman–Crippen MR) is 154 cm³/mol. The standard InChI is InChI=1S/C29H38FN7O6/c1-28(2,3)43-22(39)13-42-27(41)34-10-7-18(8-11-34)35-14-29(15-35)16-36(17-29)20-6-5-19-24(23(20)30)33(4)32-25(19)37-12-9-21(38)31-26(37)40/h5-6,18H,7-17H2,1-4H3,(H,31,38,40). The third kappa shape index (κ3) is 5.59. The van der Waals surface area contributed by atoms with Crippen LogP contribution in [0.5, 0.6) is 0 Å². The van der Waals surface area contributed by atoms with Gasteiger partial charge in [0, 0.05) is 76.1 Å². The van der Waals surface area contributed by atoms with Gasteiger partial charge in [0.1, 0.15) is 11.1 Å². The Morgan fingerprint density at radius 1 is 1.09 bits per heavy atom. The molecule has 1 spiro atoms. The van der Waals surface area contributed by atoms with E-state index in [2.05, 4.69) is 15.3 Å². The molecule has 1 aromatic carbocycles. The summed E-state index contributed by atoms with van der Waals surface area (Å²) in [6.07, 6.45) is 1.34. The van der Waals surface area contributed by atoms with Gasteiger partial charge in [-0.2, -0.15) is 5.10 Å². The fourth-order valence-corrected chi connectivity index (χ4v) is 6.71. The number of aromatic nitrogens is 2. The van der Waals surface area contributed by atoms with E-state index in [1.807, 2.05) is 4.90 Å². The van der Waals surface area contributed by atoms with Gasteiger partial charge in [-0.1, -0.05) is 0 Å². The van der Waals surface area contributed by atoms with Gasteiger partial charge in [0.25, 0.3) is 0 Å². The van der Waals surface area contributed by atoms with Crippen molar-refractivity contribution >= 4 is 46.4 Å². The minimum absolute atomic E-state index is 0.126. The molecule has 2 aromatic rings. The quantitative estimate of drug-likeness (QED) is 0.515. The van der Waals surface area contributed by atoms with Crippen molar-refractivity contribution in [2.45, 2.75) is 51.7 Å². The highest BCUT2D eigenvalue weighted by molar-refractivity contribution is 6.09. The predicted octanol–water partition coefficient (Wildman–Crippen LogP) is 2.22. The number of anilines is 2. The molecule has 232 valence electrons. The fourth-order valence-electron chi connectivity index (χ4n) is 6.71. The minimum atomic E-state index is -0.628. The topological polar surface area (TPSA) is 130 Å². The smallest absolute Gasteiger partial charge is 0.410 e. The number of hydrogen-bond acceptors (Lipinski definition) is 9. The number of benzene rings is 1. The number of rotatable bonds is 5. The van der Waals surface area contributed by atoms with E-state index in [-0.39, 0.29) is 30.1 Å². The number of esters is 1. The summed E-state index contributed by atoms with van der Waals surface area (Å²) in [5.41, 5.74) is 0.338. The fraction of sp³-hybridized carbons (Fsp3) is 0.621. The molecule has 0 saturated carbocycles. The van der Waals surface area contributed by atoms with E-state index >= 15 is 4.39 Å². The van der Waals surface area contributed by atoms with Crippen molar-refractivity contribution in [1.29, 1.82) is 0 Å². The van der Waals surface area contributed by atoms with Crippen LogP contribution in [-0.2, 0) is 26.1 Å². The molecule has 1 N–H and O–H groups in total. The van der Waals surface area contributed by atoms with Gasteiger partial charge in [0.2, 0.25) is 5.91 Å². The van der Waals surface area contributed by atoms with Gasteiger partial charge in [-0.05, 0) is 45.7 Å². The molecule has 0 unspecified atom stereocenters. The summed E-state index contributed by atoms with van der Waals surface area (Å²) >= 11 is 0. The van der Waals surface area contributed by atoms with Gasteiger partial charge in [-0.3, -0.25) is 24.6 Å². The van der Waals surface area contributed by atoms with Gasteiger partial charge in [0.05, 0.1) is 5.69 Å². The second-order valence-corrected chi connectivity index (χ2v) is 13.1. The third-order valence-electron chi connectivity index (χ3n) is 8.66. The lowest BCUT2D eigenvalue weighted by atomic mass is 9.71. The van der Waals surface area contributed by atoms with E-state index in [1.165, 1.54) is 9.58 Å². The molecule has 4 saturated heterocycles. The first-order chi connectivity index (χ1) is 20.3. The van der Waals surface area contributed by atoms with Crippen LogP contribution in [-0.4, -0.2) is 108 Å². The summed E-state index contributed by atoms with van der Waals surface area (Å²) in [4.78, 5) is 55.7. The molecule has 13 nitrogen and oxygen atoms in total. The highest BCUT2D eigenvalue weighted by Gasteiger charge is 2.54. The summed E-state index contributed by atoms with van der Waals surface area (Å²) in [6.45, 7) is 9.60. The van der Waals surface area contributed by atoms with E-state index in [0.717, 1.165) is 39.0 Å². The zero-order chi connectivity index (χ0) is 30.7. The summed E-state index contributed by atoms with van der Waals surface area (Å²) in [5.74, 6) is -0.931. The number of nitrogens with one attached hydrogen (secondary N) is 1. The van der Waals surface area contributed by atoms with Crippen LogP contribution in [0.3, 0.4) is 0 Å². The average Bonchev–Trinajstić information content (AvgIpc) is 3.22. The number of nitrogens with zero attached hydrogens (tertiary/aromatic N) is 6.